The topological polar surface area (TPSA) is 57.5 Å². The maximum absolute atomic E-state index is 12.3. The van der Waals surface area contributed by atoms with Crippen LogP contribution in [0.5, 0.6) is 5.75 Å². The number of esters is 2. The van der Waals surface area contributed by atoms with Gasteiger partial charge in [0.25, 0.3) is 0 Å². The highest BCUT2D eigenvalue weighted by Crippen LogP contribution is 2.29. The fourth-order valence-corrected chi connectivity index (χ4v) is 2.95. The molecule has 0 aliphatic carbocycles. The largest absolute Gasteiger partial charge is 0.462 e. The number of aromatic nitrogens is 1. The number of carbonyl (C=O) groups is 2. The van der Waals surface area contributed by atoms with Gasteiger partial charge in [0.15, 0.2) is 0 Å². The molecule has 0 saturated carbocycles. The molecule has 0 aliphatic rings. The molecule has 0 fully saturated rings. The third-order valence-corrected chi connectivity index (χ3v) is 4.37. The predicted molar refractivity (Wildman–Crippen MR) is 105 cm³/mol. The normalized spacial score (nSPS) is 11.1. The van der Waals surface area contributed by atoms with E-state index in [1.807, 2.05) is 54.9 Å². The number of hydrogen-bond acceptors (Lipinski definition) is 4. The van der Waals surface area contributed by atoms with Crippen LogP contribution in [0.25, 0.3) is 17.0 Å². The van der Waals surface area contributed by atoms with Gasteiger partial charge in [-0.2, -0.15) is 0 Å². The van der Waals surface area contributed by atoms with Crippen molar-refractivity contribution < 1.29 is 19.1 Å². The molecule has 27 heavy (non-hydrogen) atoms. The average molecular weight is 363 g/mol. The van der Waals surface area contributed by atoms with Crippen molar-refractivity contribution in [3.63, 3.8) is 0 Å². The van der Waals surface area contributed by atoms with Gasteiger partial charge in [-0.25, -0.2) is 9.59 Å². The zero-order valence-electron chi connectivity index (χ0n) is 15.6. The van der Waals surface area contributed by atoms with Crippen molar-refractivity contribution in [1.82, 2.24) is 4.57 Å². The van der Waals surface area contributed by atoms with Gasteiger partial charge in [0.2, 0.25) is 0 Å². The van der Waals surface area contributed by atoms with Gasteiger partial charge in [-0.05, 0) is 43.7 Å². The van der Waals surface area contributed by atoms with Gasteiger partial charge in [-0.1, -0.05) is 30.3 Å². The fourth-order valence-electron chi connectivity index (χ4n) is 2.95. The molecule has 0 amide bonds. The summed E-state index contributed by atoms with van der Waals surface area (Å²) in [7, 11) is 1.88. The van der Waals surface area contributed by atoms with Gasteiger partial charge < -0.3 is 14.0 Å². The summed E-state index contributed by atoms with van der Waals surface area (Å²) in [6.07, 6.45) is 3.07. The lowest BCUT2D eigenvalue weighted by atomic mass is 10.1. The summed E-state index contributed by atoms with van der Waals surface area (Å²) in [4.78, 5) is 24.4. The number of nitrogens with zero attached hydrogens (tertiary/aromatic N) is 1. The number of carbonyl (C=O) groups excluding carboxylic acids is 2. The third kappa shape index (κ3) is 3.92. The van der Waals surface area contributed by atoms with Gasteiger partial charge >= 0.3 is 11.9 Å². The summed E-state index contributed by atoms with van der Waals surface area (Å²) in [5.41, 5.74) is 3.08. The number of fused-ring (bicyclic) bond motifs is 1. The van der Waals surface area contributed by atoms with Crippen LogP contribution in [-0.4, -0.2) is 23.1 Å². The van der Waals surface area contributed by atoms with Crippen molar-refractivity contribution in [3.8, 4) is 5.75 Å². The maximum atomic E-state index is 12.3. The quantitative estimate of drug-likeness (QED) is 0.386. The Morgan fingerprint density at radius 1 is 1.11 bits per heavy atom. The van der Waals surface area contributed by atoms with Crippen LogP contribution in [0.1, 0.15) is 28.5 Å². The third-order valence-electron chi connectivity index (χ3n) is 4.37. The fraction of sp³-hybridized carbons (Fsp3) is 0.182. The standard InChI is InChI=1S/C22H21NO4/c1-4-26-22(25)21-15(2)23(3)19-12-11-17(14-18(19)21)27-20(24)13-10-16-8-6-5-7-9-16/h5-14H,4H2,1-3H3. The minimum absolute atomic E-state index is 0.299. The highest BCUT2D eigenvalue weighted by Gasteiger charge is 2.20. The lowest BCUT2D eigenvalue weighted by Gasteiger charge is -2.04. The van der Waals surface area contributed by atoms with Crippen LogP contribution >= 0.6 is 0 Å². The van der Waals surface area contributed by atoms with Crippen molar-refractivity contribution in [2.24, 2.45) is 7.05 Å². The molecule has 5 heteroatoms. The Hall–Kier alpha value is -3.34. The van der Waals surface area contributed by atoms with Crippen LogP contribution in [0.15, 0.2) is 54.6 Å². The number of rotatable bonds is 5. The van der Waals surface area contributed by atoms with Gasteiger partial charge in [-0.3, -0.25) is 0 Å². The smallest absolute Gasteiger partial charge is 0.340 e. The Morgan fingerprint density at radius 3 is 2.56 bits per heavy atom. The molecule has 0 spiro atoms. The molecule has 3 aromatic rings. The van der Waals surface area contributed by atoms with E-state index in [0.29, 0.717) is 23.3 Å². The Balaban J connectivity index is 1.87. The lowest BCUT2D eigenvalue weighted by Crippen LogP contribution is -2.06. The molecule has 0 atom stereocenters. The SMILES string of the molecule is CCOC(=O)c1c(C)n(C)c2ccc(OC(=O)C=Cc3ccccc3)cc12. The van der Waals surface area contributed by atoms with Gasteiger partial charge in [-0.15, -0.1) is 0 Å². The van der Waals surface area contributed by atoms with Gasteiger partial charge in [0, 0.05) is 29.7 Å². The van der Waals surface area contributed by atoms with E-state index in [9.17, 15) is 9.59 Å². The molecular formula is C22H21NO4. The number of benzene rings is 2. The molecule has 3 rings (SSSR count). The second-order valence-electron chi connectivity index (χ2n) is 6.08. The summed E-state index contributed by atoms with van der Waals surface area (Å²) in [5.74, 6) is -0.488. The lowest BCUT2D eigenvalue weighted by molar-refractivity contribution is -0.128. The van der Waals surface area contributed by atoms with Crippen LogP contribution < -0.4 is 4.74 Å². The first-order valence-corrected chi connectivity index (χ1v) is 8.72. The Morgan fingerprint density at radius 2 is 1.85 bits per heavy atom. The van der Waals surface area contributed by atoms with Crippen LogP contribution in [-0.2, 0) is 16.6 Å². The average Bonchev–Trinajstić information content (AvgIpc) is 2.91. The van der Waals surface area contributed by atoms with Crippen LogP contribution in [0.3, 0.4) is 0 Å². The molecule has 2 aromatic carbocycles. The summed E-state index contributed by atoms with van der Waals surface area (Å²) in [6, 6.07) is 14.7. The maximum Gasteiger partial charge on any atom is 0.340 e. The van der Waals surface area contributed by atoms with Crippen molar-refractivity contribution in [3.05, 3.63) is 71.4 Å². The first kappa shape index (κ1) is 18.5. The second kappa shape index (κ2) is 7.91. The number of aryl methyl sites for hydroxylation is 1. The molecule has 0 saturated heterocycles. The van der Waals surface area contributed by atoms with Gasteiger partial charge in [0.05, 0.1) is 12.2 Å². The molecular weight excluding hydrogens is 342 g/mol. The van der Waals surface area contributed by atoms with E-state index < -0.39 is 5.97 Å². The zero-order chi connectivity index (χ0) is 19.4. The van der Waals surface area contributed by atoms with E-state index >= 15 is 0 Å². The number of ether oxygens (including phenoxy) is 2. The van der Waals surface area contributed by atoms with Gasteiger partial charge in [0.1, 0.15) is 5.75 Å². The Kier molecular flexibility index (Phi) is 5.41. The second-order valence-corrected chi connectivity index (χ2v) is 6.08. The van der Waals surface area contributed by atoms with Crippen LogP contribution in [0, 0.1) is 6.92 Å². The van der Waals surface area contributed by atoms with Crippen molar-refractivity contribution in [1.29, 1.82) is 0 Å². The molecule has 5 nitrogen and oxygen atoms in total. The molecule has 138 valence electrons. The molecule has 1 heterocycles. The Bertz CT molecular complexity index is 1020. The van der Waals surface area contributed by atoms with Crippen molar-refractivity contribution in [2.75, 3.05) is 6.61 Å². The highest BCUT2D eigenvalue weighted by atomic mass is 16.5. The van der Waals surface area contributed by atoms with E-state index in [-0.39, 0.29) is 5.97 Å². The summed E-state index contributed by atoms with van der Waals surface area (Å²) >= 11 is 0. The molecule has 0 radical (unpaired) electrons. The highest BCUT2D eigenvalue weighted by molar-refractivity contribution is 6.06. The van der Waals surface area contributed by atoms with Crippen molar-refractivity contribution >= 4 is 28.9 Å². The molecule has 0 aliphatic heterocycles. The van der Waals surface area contributed by atoms with E-state index in [4.69, 9.17) is 9.47 Å². The van der Waals surface area contributed by atoms with E-state index in [2.05, 4.69) is 0 Å². The van der Waals surface area contributed by atoms with Crippen LogP contribution in [0.2, 0.25) is 0 Å². The minimum Gasteiger partial charge on any atom is -0.462 e. The molecule has 0 N–H and O–H groups in total. The summed E-state index contributed by atoms with van der Waals surface area (Å²) in [6.45, 7) is 3.93. The number of hydrogen-bond donors (Lipinski definition) is 0. The first-order valence-electron chi connectivity index (χ1n) is 8.72. The van der Waals surface area contributed by atoms with E-state index in [1.54, 1.807) is 25.1 Å². The van der Waals surface area contributed by atoms with Crippen molar-refractivity contribution in [2.45, 2.75) is 13.8 Å². The molecule has 1 aromatic heterocycles. The predicted octanol–water partition coefficient (Wildman–Crippen LogP) is 4.28. The zero-order valence-corrected chi connectivity index (χ0v) is 15.6. The van der Waals surface area contributed by atoms with E-state index in [1.165, 1.54) is 6.08 Å². The molecule has 0 bridgehead atoms. The minimum atomic E-state index is -0.483. The van der Waals surface area contributed by atoms with E-state index in [0.717, 1.165) is 16.8 Å². The molecule has 0 unspecified atom stereocenters. The Labute approximate surface area is 157 Å². The summed E-state index contributed by atoms with van der Waals surface area (Å²) in [5, 5.41) is 0.700. The van der Waals surface area contributed by atoms with Crippen LogP contribution in [0.4, 0.5) is 0 Å². The first-order chi connectivity index (χ1) is 13.0. The monoisotopic (exact) mass is 363 g/mol. The summed E-state index contributed by atoms with van der Waals surface area (Å²) < 4.78 is 12.5.